The summed E-state index contributed by atoms with van der Waals surface area (Å²) in [6, 6.07) is 3.58. The predicted molar refractivity (Wildman–Crippen MR) is 118 cm³/mol. The van der Waals surface area contributed by atoms with Gasteiger partial charge in [-0.1, -0.05) is 20.8 Å². The first kappa shape index (κ1) is 24.6. The molecule has 1 aromatic heterocycles. The molecule has 3 rings (SSSR count). The second-order valence-electron chi connectivity index (χ2n) is 9.89. The first-order chi connectivity index (χ1) is 15.2. The average molecular weight is 451 g/mol. The lowest BCUT2D eigenvalue weighted by molar-refractivity contribution is -0.186. The summed E-state index contributed by atoms with van der Waals surface area (Å²) < 4.78 is 11.0. The van der Waals surface area contributed by atoms with Gasteiger partial charge in [0.25, 0.3) is 0 Å². The predicted octanol–water partition coefficient (Wildman–Crippen LogP) is 2.98. The number of furan rings is 1. The molecule has 8 heteroatoms. The third-order valence-corrected chi connectivity index (χ3v) is 7.89. The Bertz CT molecular complexity index is 769. The Kier molecular flexibility index (Phi) is 7.88. The SMILES string of the molecule is CCCNC(=O)O[C@@H]1CC[C@]2(C)C(CC[C@@H](O)[C@H]2CC(=O)NCc2ccco2)[C@]1(C)CO. The summed E-state index contributed by atoms with van der Waals surface area (Å²) in [6.45, 7) is 6.80. The van der Waals surface area contributed by atoms with Gasteiger partial charge < -0.3 is 30.0 Å². The molecule has 2 fully saturated rings. The maximum Gasteiger partial charge on any atom is 0.407 e. The quantitative estimate of drug-likeness (QED) is 0.483. The van der Waals surface area contributed by atoms with Crippen LogP contribution in [0.15, 0.2) is 22.8 Å². The van der Waals surface area contributed by atoms with Crippen LogP contribution in [0.3, 0.4) is 0 Å². The van der Waals surface area contributed by atoms with Gasteiger partial charge in [-0.3, -0.25) is 4.79 Å². The molecule has 1 unspecified atom stereocenters. The molecule has 4 N–H and O–H groups in total. The Morgan fingerprint density at radius 1 is 1.25 bits per heavy atom. The molecule has 1 heterocycles. The van der Waals surface area contributed by atoms with Gasteiger partial charge in [-0.05, 0) is 61.5 Å². The van der Waals surface area contributed by atoms with E-state index < -0.39 is 23.7 Å². The van der Waals surface area contributed by atoms with E-state index in [0.29, 0.717) is 38.1 Å². The molecule has 180 valence electrons. The van der Waals surface area contributed by atoms with Gasteiger partial charge in [-0.15, -0.1) is 0 Å². The van der Waals surface area contributed by atoms with Crippen LogP contribution >= 0.6 is 0 Å². The number of fused-ring (bicyclic) bond motifs is 1. The number of carbonyl (C=O) groups is 2. The summed E-state index contributed by atoms with van der Waals surface area (Å²) in [4.78, 5) is 24.9. The van der Waals surface area contributed by atoms with E-state index in [1.54, 1.807) is 18.4 Å². The van der Waals surface area contributed by atoms with Crippen molar-refractivity contribution in [2.75, 3.05) is 13.2 Å². The molecule has 2 amide bonds. The number of hydrogen-bond acceptors (Lipinski definition) is 6. The summed E-state index contributed by atoms with van der Waals surface area (Å²) in [5.41, 5.74) is -0.990. The number of hydrogen-bond donors (Lipinski definition) is 4. The third-order valence-electron chi connectivity index (χ3n) is 7.89. The van der Waals surface area contributed by atoms with E-state index in [2.05, 4.69) is 17.6 Å². The lowest BCUT2D eigenvalue weighted by Gasteiger charge is -2.60. The van der Waals surface area contributed by atoms with E-state index in [0.717, 1.165) is 12.8 Å². The number of ether oxygens (including phenoxy) is 1. The largest absolute Gasteiger partial charge is 0.467 e. The molecular weight excluding hydrogens is 412 g/mol. The van der Waals surface area contributed by atoms with Crippen LogP contribution in [0.25, 0.3) is 0 Å². The van der Waals surface area contributed by atoms with Crippen molar-refractivity contribution in [2.24, 2.45) is 22.7 Å². The van der Waals surface area contributed by atoms with Gasteiger partial charge >= 0.3 is 6.09 Å². The molecule has 6 atom stereocenters. The minimum Gasteiger partial charge on any atom is -0.467 e. The van der Waals surface area contributed by atoms with Crippen LogP contribution in [0.5, 0.6) is 0 Å². The smallest absolute Gasteiger partial charge is 0.407 e. The summed E-state index contributed by atoms with van der Waals surface area (Å²) in [5, 5.41) is 26.9. The zero-order valence-electron chi connectivity index (χ0n) is 19.4. The van der Waals surface area contributed by atoms with Crippen LogP contribution in [0.1, 0.15) is 65.1 Å². The van der Waals surface area contributed by atoms with Gasteiger partial charge in [0.15, 0.2) is 0 Å². The molecule has 0 spiro atoms. The lowest BCUT2D eigenvalue weighted by atomic mass is 9.46. The zero-order valence-corrected chi connectivity index (χ0v) is 19.4. The number of nitrogens with one attached hydrogen (secondary N) is 2. The van der Waals surface area contributed by atoms with Gasteiger partial charge in [0, 0.05) is 18.4 Å². The van der Waals surface area contributed by atoms with Crippen molar-refractivity contribution in [3.05, 3.63) is 24.2 Å². The molecule has 8 nitrogen and oxygen atoms in total. The number of rotatable bonds is 8. The Hall–Kier alpha value is -2.06. The molecule has 2 aliphatic carbocycles. The van der Waals surface area contributed by atoms with Gasteiger partial charge in [0.05, 0.1) is 25.5 Å². The van der Waals surface area contributed by atoms with Gasteiger partial charge in [-0.25, -0.2) is 4.79 Å². The molecule has 0 radical (unpaired) electrons. The summed E-state index contributed by atoms with van der Waals surface area (Å²) >= 11 is 0. The van der Waals surface area contributed by atoms with E-state index >= 15 is 0 Å². The van der Waals surface area contributed by atoms with Crippen LogP contribution in [-0.4, -0.2) is 47.6 Å². The standard InChI is InChI=1S/C24H38N2O6/c1-4-11-25-22(30)32-20-9-10-23(2)17(13-21(29)26-14-16-6-5-12-31-16)18(28)7-8-19(23)24(20,3)15-27/h5-6,12,17-20,27-28H,4,7-11,13-15H2,1-3H3,(H,25,30)(H,26,29)/t17-,18-,19?,20-,23+,24+/m1/s1. The maximum atomic E-state index is 12.7. The number of amides is 2. The number of carbonyl (C=O) groups excluding carboxylic acids is 2. The van der Waals surface area contributed by atoms with Crippen molar-refractivity contribution in [3.63, 3.8) is 0 Å². The van der Waals surface area contributed by atoms with E-state index in [1.807, 2.05) is 13.8 Å². The fourth-order valence-electron chi connectivity index (χ4n) is 6.05. The van der Waals surface area contributed by atoms with Crippen LogP contribution in [-0.2, 0) is 16.1 Å². The highest BCUT2D eigenvalue weighted by molar-refractivity contribution is 5.76. The number of alkyl carbamates (subject to hydrolysis) is 1. The highest BCUT2D eigenvalue weighted by Crippen LogP contribution is 2.61. The summed E-state index contributed by atoms with van der Waals surface area (Å²) in [6.07, 6.45) is 3.72. The molecular formula is C24H38N2O6. The summed E-state index contributed by atoms with van der Waals surface area (Å²) in [7, 11) is 0. The van der Waals surface area contributed by atoms with E-state index in [4.69, 9.17) is 9.15 Å². The topological polar surface area (TPSA) is 121 Å². The van der Waals surface area contributed by atoms with E-state index in [1.165, 1.54) is 0 Å². The molecule has 32 heavy (non-hydrogen) atoms. The van der Waals surface area contributed by atoms with Crippen LogP contribution in [0.2, 0.25) is 0 Å². The second-order valence-corrected chi connectivity index (χ2v) is 9.89. The van der Waals surface area contributed by atoms with Crippen molar-refractivity contribution in [1.82, 2.24) is 10.6 Å². The Morgan fingerprint density at radius 2 is 2.03 bits per heavy atom. The Morgan fingerprint density at radius 3 is 2.69 bits per heavy atom. The minimum atomic E-state index is -0.639. The second kappa shape index (κ2) is 10.3. The van der Waals surface area contributed by atoms with Gasteiger partial charge in [0.1, 0.15) is 11.9 Å². The van der Waals surface area contributed by atoms with E-state index in [9.17, 15) is 19.8 Å². The Balaban J connectivity index is 1.72. The molecule has 0 saturated heterocycles. The van der Waals surface area contributed by atoms with Crippen LogP contribution < -0.4 is 10.6 Å². The molecule has 2 aliphatic rings. The zero-order chi connectivity index (χ0) is 23.4. The van der Waals surface area contributed by atoms with Crippen molar-refractivity contribution in [3.8, 4) is 0 Å². The lowest BCUT2D eigenvalue weighted by Crippen LogP contribution is -2.61. The molecule has 0 aliphatic heterocycles. The fraction of sp³-hybridized carbons (Fsp3) is 0.750. The van der Waals surface area contributed by atoms with Gasteiger partial charge in [-0.2, -0.15) is 0 Å². The fourth-order valence-corrected chi connectivity index (χ4v) is 6.05. The Labute approximate surface area is 190 Å². The van der Waals surface area contributed by atoms with Crippen molar-refractivity contribution in [1.29, 1.82) is 0 Å². The molecule has 2 saturated carbocycles. The summed E-state index contributed by atoms with van der Waals surface area (Å²) in [5.74, 6) is 0.330. The third kappa shape index (κ3) is 4.96. The number of aliphatic hydroxyl groups excluding tert-OH is 2. The van der Waals surface area contributed by atoms with Crippen LogP contribution in [0, 0.1) is 22.7 Å². The minimum absolute atomic E-state index is 0.0176. The number of aliphatic hydroxyl groups is 2. The van der Waals surface area contributed by atoms with Gasteiger partial charge in [0.2, 0.25) is 5.91 Å². The van der Waals surface area contributed by atoms with Crippen molar-refractivity contribution < 1.29 is 29.0 Å². The van der Waals surface area contributed by atoms with E-state index in [-0.39, 0.29) is 36.2 Å². The monoisotopic (exact) mass is 450 g/mol. The highest BCUT2D eigenvalue weighted by Gasteiger charge is 2.60. The van der Waals surface area contributed by atoms with Crippen LogP contribution in [0.4, 0.5) is 4.79 Å². The van der Waals surface area contributed by atoms with Crippen molar-refractivity contribution >= 4 is 12.0 Å². The highest BCUT2D eigenvalue weighted by atomic mass is 16.6. The van der Waals surface area contributed by atoms with Crippen molar-refractivity contribution in [2.45, 2.75) is 78.0 Å². The normalized spacial score (nSPS) is 34.4. The molecule has 0 aromatic carbocycles. The first-order valence-electron chi connectivity index (χ1n) is 11.8. The average Bonchev–Trinajstić information content (AvgIpc) is 3.29. The molecule has 1 aromatic rings. The maximum absolute atomic E-state index is 12.7. The first-order valence-corrected chi connectivity index (χ1v) is 11.8. The molecule has 0 bridgehead atoms.